The minimum Gasteiger partial charge on any atom is -0.390 e. The Kier molecular flexibility index (Phi) is 5.64. The van der Waals surface area contributed by atoms with Crippen LogP contribution in [0.25, 0.3) is 0 Å². The SMILES string of the molecule is CCC[C@@H](OC)[C@@H](O)CC. The number of hydrogen-bond acceptors (Lipinski definition) is 2. The minimum atomic E-state index is -0.287. The normalized spacial score (nSPS) is 16.8. The minimum absolute atomic E-state index is 0.0370. The van der Waals surface area contributed by atoms with Crippen LogP contribution in [0.3, 0.4) is 0 Å². The third kappa shape index (κ3) is 3.18. The maximum atomic E-state index is 9.32. The molecule has 2 nitrogen and oxygen atoms in total. The molecule has 0 aromatic carbocycles. The number of hydrogen-bond donors (Lipinski definition) is 1. The fraction of sp³-hybridized carbons (Fsp3) is 1.00. The largest absolute Gasteiger partial charge is 0.390 e. The highest BCUT2D eigenvalue weighted by Crippen LogP contribution is 2.08. The molecule has 0 radical (unpaired) electrons. The van der Waals surface area contributed by atoms with Crippen LogP contribution in [0, 0.1) is 0 Å². The second-order valence-corrected chi connectivity index (χ2v) is 2.54. The van der Waals surface area contributed by atoms with Crippen molar-refractivity contribution in [1.29, 1.82) is 0 Å². The molecule has 0 spiro atoms. The molecule has 0 saturated heterocycles. The third-order valence-corrected chi connectivity index (χ3v) is 1.72. The van der Waals surface area contributed by atoms with Gasteiger partial charge in [0.15, 0.2) is 0 Å². The van der Waals surface area contributed by atoms with E-state index in [-0.39, 0.29) is 12.2 Å². The van der Waals surface area contributed by atoms with Gasteiger partial charge in [-0.3, -0.25) is 0 Å². The molecule has 0 amide bonds. The molecule has 0 heterocycles. The highest BCUT2D eigenvalue weighted by molar-refractivity contribution is 4.65. The molecule has 0 bridgehead atoms. The average Bonchev–Trinajstić information content (AvgIpc) is 1.99. The average molecular weight is 146 g/mol. The Balaban J connectivity index is 3.56. The first kappa shape index (κ1) is 9.92. The first-order valence-electron chi connectivity index (χ1n) is 3.97. The zero-order valence-electron chi connectivity index (χ0n) is 7.13. The Morgan fingerprint density at radius 1 is 1.40 bits per heavy atom. The van der Waals surface area contributed by atoms with Gasteiger partial charge in [0.1, 0.15) is 0 Å². The quantitative estimate of drug-likeness (QED) is 0.638. The summed E-state index contributed by atoms with van der Waals surface area (Å²) in [5.74, 6) is 0. The van der Waals surface area contributed by atoms with Gasteiger partial charge in [0.2, 0.25) is 0 Å². The predicted octanol–water partition coefficient (Wildman–Crippen LogP) is 1.57. The Morgan fingerprint density at radius 2 is 2.00 bits per heavy atom. The molecule has 0 aliphatic carbocycles. The smallest absolute Gasteiger partial charge is 0.0829 e. The first-order valence-corrected chi connectivity index (χ1v) is 3.97. The van der Waals surface area contributed by atoms with Crippen LogP contribution in [0.4, 0.5) is 0 Å². The van der Waals surface area contributed by atoms with Crippen molar-refractivity contribution in [1.82, 2.24) is 0 Å². The van der Waals surface area contributed by atoms with Gasteiger partial charge in [-0.25, -0.2) is 0 Å². The topological polar surface area (TPSA) is 29.5 Å². The molecule has 0 unspecified atom stereocenters. The van der Waals surface area contributed by atoms with Crippen molar-refractivity contribution >= 4 is 0 Å². The lowest BCUT2D eigenvalue weighted by atomic mass is 10.1. The number of aliphatic hydroxyl groups excluding tert-OH is 1. The number of aliphatic hydroxyl groups is 1. The highest BCUT2D eigenvalue weighted by atomic mass is 16.5. The molecule has 1 N–H and O–H groups in total. The lowest BCUT2D eigenvalue weighted by Crippen LogP contribution is -2.26. The van der Waals surface area contributed by atoms with E-state index >= 15 is 0 Å². The van der Waals surface area contributed by atoms with E-state index in [4.69, 9.17) is 4.74 Å². The summed E-state index contributed by atoms with van der Waals surface area (Å²) >= 11 is 0. The van der Waals surface area contributed by atoms with Gasteiger partial charge in [0, 0.05) is 7.11 Å². The zero-order chi connectivity index (χ0) is 7.98. The maximum absolute atomic E-state index is 9.32. The molecule has 2 heteroatoms. The lowest BCUT2D eigenvalue weighted by Gasteiger charge is -2.19. The van der Waals surface area contributed by atoms with Crippen LogP contribution in [0.2, 0.25) is 0 Å². The predicted molar refractivity (Wildman–Crippen MR) is 42.0 cm³/mol. The van der Waals surface area contributed by atoms with Gasteiger partial charge in [-0.1, -0.05) is 20.3 Å². The Bertz CT molecular complexity index is 73.7. The molecule has 0 aliphatic heterocycles. The van der Waals surface area contributed by atoms with Crippen molar-refractivity contribution < 1.29 is 9.84 Å². The van der Waals surface area contributed by atoms with Crippen LogP contribution in [0.5, 0.6) is 0 Å². The van der Waals surface area contributed by atoms with E-state index in [9.17, 15) is 5.11 Å². The number of ether oxygens (including phenoxy) is 1. The van der Waals surface area contributed by atoms with Gasteiger partial charge in [-0.2, -0.15) is 0 Å². The van der Waals surface area contributed by atoms with Crippen LogP contribution >= 0.6 is 0 Å². The van der Waals surface area contributed by atoms with Gasteiger partial charge in [-0.15, -0.1) is 0 Å². The van der Waals surface area contributed by atoms with Crippen molar-refractivity contribution in [2.45, 2.75) is 45.3 Å². The Labute approximate surface area is 63.2 Å². The summed E-state index contributed by atoms with van der Waals surface area (Å²) in [6.07, 6.45) is 2.54. The van der Waals surface area contributed by atoms with Gasteiger partial charge in [0.05, 0.1) is 12.2 Å². The third-order valence-electron chi connectivity index (χ3n) is 1.72. The summed E-state index contributed by atoms with van der Waals surface area (Å²) in [7, 11) is 1.65. The van der Waals surface area contributed by atoms with Gasteiger partial charge >= 0.3 is 0 Å². The van der Waals surface area contributed by atoms with E-state index in [2.05, 4.69) is 6.92 Å². The summed E-state index contributed by atoms with van der Waals surface area (Å²) in [4.78, 5) is 0. The number of methoxy groups -OCH3 is 1. The molecule has 10 heavy (non-hydrogen) atoms. The summed E-state index contributed by atoms with van der Waals surface area (Å²) in [5, 5.41) is 9.32. The molecule has 62 valence electrons. The van der Waals surface area contributed by atoms with E-state index < -0.39 is 0 Å². The fourth-order valence-corrected chi connectivity index (χ4v) is 1.01. The molecule has 0 fully saturated rings. The van der Waals surface area contributed by atoms with Gasteiger partial charge < -0.3 is 9.84 Å². The standard InChI is InChI=1S/C8H18O2/c1-4-6-8(10-3)7(9)5-2/h7-9H,4-6H2,1-3H3/t7-,8+/m0/s1. The summed E-state index contributed by atoms with van der Waals surface area (Å²) in [5.41, 5.74) is 0. The molecule has 0 aromatic rings. The highest BCUT2D eigenvalue weighted by Gasteiger charge is 2.14. The number of rotatable bonds is 5. The summed E-state index contributed by atoms with van der Waals surface area (Å²) < 4.78 is 5.09. The van der Waals surface area contributed by atoms with Crippen LogP contribution in [-0.4, -0.2) is 24.4 Å². The molecular formula is C8H18O2. The zero-order valence-corrected chi connectivity index (χ0v) is 7.13. The van der Waals surface area contributed by atoms with Crippen molar-refractivity contribution in [2.24, 2.45) is 0 Å². The van der Waals surface area contributed by atoms with E-state index in [1.54, 1.807) is 7.11 Å². The molecule has 2 atom stereocenters. The van der Waals surface area contributed by atoms with E-state index in [0.29, 0.717) is 0 Å². The van der Waals surface area contributed by atoms with Crippen LogP contribution < -0.4 is 0 Å². The molecule has 0 aliphatic rings. The van der Waals surface area contributed by atoms with Gasteiger partial charge in [0.25, 0.3) is 0 Å². The van der Waals surface area contributed by atoms with E-state index in [1.807, 2.05) is 6.92 Å². The second kappa shape index (κ2) is 5.69. The van der Waals surface area contributed by atoms with Crippen LogP contribution in [0.1, 0.15) is 33.1 Å². The van der Waals surface area contributed by atoms with Crippen molar-refractivity contribution in [3.8, 4) is 0 Å². The second-order valence-electron chi connectivity index (χ2n) is 2.54. The summed E-state index contributed by atoms with van der Waals surface area (Å²) in [6.45, 7) is 4.06. The first-order chi connectivity index (χ1) is 4.76. The van der Waals surface area contributed by atoms with Crippen molar-refractivity contribution in [2.75, 3.05) is 7.11 Å². The molecule has 0 rings (SSSR count). The monoisotopic (exact) mass is 146 g/mol. The van der Waals surface area contributed by atoms with Crippen LogP contribution in [0.15, 0.2) is 0 Å². The van der Waals surface area contributed by atoms with Crippen LogP contribution in [-0.2, 0) is 4.74 Å². The molecular weight excluding hydrogens is 128 g/mol. The Morgan fingerprint density at radius 3 is 2.30 bits per heavy atom. The maximum Gasteiger partial charge on any atom is 0.0829 e. The van der Waals surface area contributed by atoms with Crippen molar-refractivity contribution in [3.63, 3.8) is 0 Å². The van der Waals surface area contributed by atoms with Gasteiger partial charge in [-0.05, 0) is 12.8 Å². The summed E-state index contributed by atoms with van der Waals surface area (Å²) in [6, 6.07) is 0. The Hall–Kier alpha value is -0.0800. The fourth-order valence-electron chi connectivity index (χ4n) is 1.01. The molecule has 0 aromatic heterocycles. The molecule has 0 saturated carbocycles. The lowest BCUT2D eigenvalue weighted by molar-refractivity contribution is -0.0178. The van der Waals surface area contributed by atoms with E-state index in [0.717, 1.165) is 19.3 Å². The van der Waals surface area contributed by atoms with E-state index in [1.165, 1.54) is 0 Å². The van der Waals surface area contributed by atoms with Crippen molar-refractivity contribution in [3.05, 3.63) is 0 Å².